The minimum Gasteiger partial charge on any atom is -0.497 e. The molecule has 0 radical (unpaired) electrons. The number of aromatic nitrogens is 1. The summed E-state index contributed by atoms with van der Waals surface area (Å²) in [5, 5.41) is 12.1. The number of piperidine rings is 3. The van der Waals surface area contributed by atoms with Gasteiger partial charge < -0.3 is 9.84 Å². The Labute approximate surface area is 142 Å². The Bertz CT molecular complexity index is 786. The third-order valence-electron chi connectivity index (χ3n) is 5.71. The van der Waals surface area contributed by atoms with Crippen LogP contribution in [-0.2, 0) is 0 Å². The van der Waals surface area contributed by atoms with E-state index in [1.165, 1.54) is 12.0 Å². The zero-order valence-electron chi connectivity index (χ0n) is 14.3. The quantitative estimate of drug-likeness (QED) is 0.880. The summed E-state index contributed by atoms with van der Waals surface area (Å²) in [5.41, 5.74) is 3.39. The Morgan fingerprint density at radius 2 is 2.25 bits per heavy atom. The van der Waals surface area contributed by atoms with E-state index in [9.17, 15) is 5.11 Å². The molecule has 0 saturated carbocycles. The maximum Gasteiger partial charge on any atom is 0.119 e. The van der Waals surface area contributed by atoms with Crippen molar-refractivity contribution in [2.24, 2.45) is 5.92 Å². The smallest absolute Gasteiger partial charge is 0.119 e. The second-order valence-corrected chi connectivity index (χ2v) is 6.85. The van der Waals surface area contributed by atoms with Crippen molar-refractivity contribution >= 4 is 10.9 Å². The summed E-state index contributed by atoms with van der Waals surface area (Å²) in [6, 6.07) is 7.98. The van der Waals surface area contributed by atoms with Gasteiger partial charge in [0, 0.05) is 24.2 Å². The number of fused-ring (bicyclic) bond motifs is 4. The van der Waals surface area contributed by atoms with E-state index in [2.05, 4.69) is 22.9 Å². The standard InChI is InChI=1S/C20H24N2O2/c1-3-13-12-22-9-7-14(13)10-19(22)20(23)16-6-8-21-18-5-4-15(24-2)11-17(16)18/h3-6,8,11,14,19-20,23H,7,9-10,12H2,1-2H3/b13-3+. The van der Waals surface area contributed by atoms with Gasteiger partial charge in [-0.1, -0.05) is 11.6 Å². The molecule has 3 saturated heterocycles. The molecular weight excluding hydrogens is 300 g/mol. The maximum atomic E-state index is 11.2. The van der Waals surface area contributed by atoms with Crippen LogP contribution in [0.4, 0.5) is 0 Å². The first-order valence-electron chi connectivity index (χ1n) is 8.71. The van der Waals surface area contributed by atoms with Crippen molar-refractivity contribution in [2.45, 2.75) is 31.9 Å². The van der Waals surface area contributed by atoms with Crippen LogP contribution in [-0.4, -0.2) is 41.2 Å². The number of aliphatic hydroxyl groups is 1. The van der Waals surface area contributed by atoms with Crippen molar-refractivity contribution < 1.29 is 9.84 Å². The average molecular weight is 324 g/mol. The van der Waals surface area contributed by atoms with Crippen LogP contribution in [0, 0.1) is 5.92 Å². The number of benzene rings is 1. The highest BCUT2D eigenvalue weighted by atomic mass is 16.5. The monoisotopic (exact) mass is 324 g/mol. The molecule has 2 bridgehead atoms. The zero-order valence-corrected chi connectivity index (χ0v) is 14.3. The van der Waals surface area contributed by atoms with Crippen LogP contribution >= 0.6 is 0 Å². The molecule has 3 aliphatic heterocycles. The molecule has 3 aliphatic rings. The van der Waals surface area contributed by atoms with E-state index in [0.717, 1.165) is 41.7 Å². The van der Waals surface area contributed by atoms with Crippen molar-refractivity contribution in [1.82, 2.24) is 9.88 Å². The second kappa shape index (κ2) is 6.19. The maximum absolute atomic E-state index is 11.2. The number of rotatable bonds is 3. The lowest BCUT2D eigenvalue weighted by molar-refractivity contribution is -0.00340. The molecule has 3 fully saturated rings. The third kappa shape index (κ3) is 2.50. The molecule has 1 N–H and O–H groups in total. The van der Waals surface area contributed by atoms with Gasteiger partial charge in [0.1, 0.15) is 5.75 Å². The fourth-order valence-corrected chi connectivity index (χ4v) is 4.34. The molecule has 4 nitrogen and oxygen atoms in total. The number of nitrogens with zero attached hydrogens (tertiary/aromatic N) is 2. The van der Waals surface area contributed by atoms with Gasteiger partial charge in [0.15, 0.2) is 0 Å². The highest BCUT2D eigenvalue weighted by Crippen LogP contribution is 2.41. The van der Waals surface area contributed by atoms with Gasteiger partial charge in [-0.2, -0.15) is 0 Å². The van der Waals surface area contributed by atoms with E-state index in [1.54, 1.807) is 13.3 Å². The minimum absolute atomic E-state index is 0.184. The van der Waals surface area contributed by atoms with Crippen LogP contribution in [0.3, 0.4) is 0 Å². The van der Waals surface area contributed by atoms with Crippen molar-refractivity contribution in [3.05, 3.63) is 47.7 Å². The third-order valence-corrected chi connectivity index (χ3v) is 5.71. The Balaban J connectivity index is 1.70. The molecule has 0 amide bonds. The molecule has 126 valence electrons. The lowest BCUT2D eigenvalue weighted by Gasteiger charge is -2.48. The van der Waals surface area contributed by atoms with Gasteiger partial charge in [-0.3, -0.25) is 9.88 Å². The zero-order chi connectivity index (χ0) is 16.7. The summed E-state index contributed by atoms with van der Waals surface area (Å²) >= 11 is 0. The average Bonchev–Trinajstić information content (AvgIpc) is 2.66. The molecule has 0 aliphatic carbocycles. The van der Waals surface area contributed by atoms with Crippen molar-refractivity contribution in [2.75, 3.05) is 20.2 Å². The molecule has 5 rings (SSSR count). The normalized spacial score (nSPS) is 29.1. The summed E-state index contributed by atoms with van der Waals surface area (Å²) < 4.78 is 5.35. The number of methoxy groups -OCH3 is 1. The van der Waals surface area contributed by atoms with Gasteiger partial charge >= 0.3 is 0 Å². The number of aliphatic hydroxyl groups excluding tert-OH is 1. The highest BCUT2D eigenvalue weighted by Gasteiger charge is 2.40. The van der Waals surface area contributed by atoms with Crippen molar-refractivity contribution in [1.29, 1.82) is 0 Å². The van der Waals surface area contributed by atoms with Gasteiger partial charge in [0.05, 0.1) is 18.7 Å². The molecule has 24 heavy (non-hydrogen) atoms. The van der Waals surface area contributed by atoms with Gasteiger partial charge in [-0.15, -0.1) is 0 Å². The lowest BCUT2D eigenvalue weighted by Crippen LogP contribution is -2.52. The summed E-state index contributed by atoms with van der Waals surface area (Å²) in [6.45, 7) is 4.20. The second-order valence-electron chi connectivity index (χ2n) is 6.85. The Morgan fingerprint density at radius 1 is 1.38 bits per heavy atom. The Kier molecular flexibility index (Phi) is 4.02. The summed E-state index contributed by atoms with van der Waals surface area (Å²) in [7, 11) is 1.66. The molecule has 1 aromatic heterocycles. The number of allylic oxidation sites excluding steroid dienone is 1. The van der Waals surface area contributed by atoms with Crippen LogP contribution in [0.1, 0.15) is 31.4 Å². The molecule has 4 unspecified atom stereocenters. The van der Waals surface area contributed by atoms with Crippen LogP contribution in [0.15, 0.2) is 42.1 Å². The molecule has 1 aromatic carbocycles. The predicted octanol–water partition coefficient (Wildman–Crippen LogP) is 3.32. The molecule has 2 aromatic rings. The fourth-order valence-electron chi connectivity index (χ4n) is 4.34. The summed E-state index contributed by atoms with van der Waals surface area (Å²) in [5.74, 6) is 1.42. The number of pyridine rings is 1. The van der Waals surface area contributed by atoms with E-state index in [4.69, 9.17) is 4.74 Å². The Hall–Kier alpha value is -1.91. The largest absolute Gasteiger partial charge is 0.497 e. The first-order valence-corrected chi connectivity index (χ1v) is 8.71. The van der Waals surface area contributed by atoms with E-state index in [0.29, 0.717) is 5.92 Å². The number of hydrogen-bond donors (Lipinski definition) is 1. The van der Waals surface area contributed by atoms with Gasteiger partial charge in [0.25, 0.3) is 0 Å². The molecule has 4 heterocycles. The van der Waals surface area contributed by atoms with E-state index >= 15 is 0 Å². The van der Waals surface area contributed by atoms with Crippen LogP contribution in [0.2, 0.25) is 0 Å². The predicted molar refractivity (Wildman–Crippen MR) is 95.1 cm³/mol. The van der Waals surface area contributed by atoms with Crippen LogP contribution in [0.25, 0.3) is 10.9 Å². The molecule has 0 spiro atoms. The first kappa shape index (κ1) is 15.6. The van der Waals surface area contributed by atoms with E-state index in [-0.39, 0.29) is 6.04 Å². The Morgan fingerprint density at radius 3 is 2.96 bits per heavy atom. The van der Waals surface area contributed by atoms with E-state index < -0.39 is 6.10 Å². The first-order chi connectivity index (χ1) is 11.7. The SMILES string of the molecule is C/C=C1\CN2CCC1CC2C(O)c1ccnc2ccc(OC)cc12. The molecular formula is C20H24N2O2. The van der Waals surface area contributed by atoms with Crippen molar-refractivity contribution in [3.63, 3.8) is 0 Å². The van der Waals surface area contributed by atoms with Gasteiger partial charge in [0.2, 0.25) is 0 Å². The van der Waals surface area contributed by atoms with Gasteiger partial charge in [-0.05, 0) is 62.1 Å². The summed E-state index contributed by atoms with van der Waals surface area (Å²) in [4.78, 5) is 6.87. The lowest BCUT2D eigenvalue weighted by atomic mass is 9.76. The van der Waals surface area contributed by atoms with Crippen molar-refractivity contribution in [3.8, 4) is 5.75 Å². The van der Waals surface area contributed by atoms with Gasteiger partial charge in [-0.25, -0.2) is 0 Å². The summed E-state index contributed by atoms with van der Waals surface area (Å²) in [6.07, 6.45) is 5.80. The highest BCUT2D eigenvalue weighted by molar-refractivity contribution is 5.83. The number of ether oxygens (including phenoxy) is 1. The van der Waals surface area contributed by atoms with E-state index in [1.807, 2.05) is 24.3 Å². The molecule has 4 heteroatoms. The minimum atomic E-state index is -0.496. The van der Waals surface area contributed by atoms with Crippen LogP contribution in [0.5, 0.6) is 5.75 Å². The molecule has 4 atom stereocenters. The fraction of sp³-hybridized carbons (Fsp3) is 0.450. The topological polar surface area (TPSA) is 45.6 Å². The number of hydrogen-bond acceptors (Lipinski definition) is 4. The van der Waals surface area contributed by atoms with Crippen LogP contribution < -0.4 is 4.74 Å².